The highest BCUT2D eigenvalue weighted by atomic mass is 35.5. The Hall–Kier alpha value is -1.92. The number of nitrogens with one attached hydrogen (secondary N) is 2. The lowest BCUT2D eigenvalue weighted by Gasteiger charge is -2.05. The third-order valence-corrected chi connectivity index (χ3v) is 3.91. The summed E-state index contributed by atoms with van der Waals surface area (Å²) in [7, 11) is 0. The summed E-state index contributed by atoms with van der Waals surface area (Å²) in [6, 6.07) is 8.31. The highest BCUT2D eigenvalue weighted by Gasteiger charge is 2.12. The quantitative estimate of drug-likeness (QED) is 0.597. The second-order valence-electron chi connectivity index (χ2n) is 3.94. The van der Waals surface area contributed by atoms with Gasteiger partial charge in [-0.25, -0.2) is 0 Å². The average molecular weight is 310 g/mol. The molecule has 0 spiro atoms. The van der Waals surface area contributed by atoms with Crippen molar-refractivity contribution < 1.29 is 9.59 Å². The summed E-state index contributed by atoms with van der Waals surface area (Å²) in [4.78, 5) is 26.7. The Morgan fingerprint density at radius 1 is 1.35 bits per heavy atom. The first-order chi connectivity index (χ1) is 9.56. The maximum Gasteiger partial charge on any atom is 0.274 e. The molecule has 0 saturated heterocycles. The summed E-state index contributed by atoms with van der Waals surface area (Å²) in [5, 5.41) is 2.80. The summed E-state index contributed by atoms with van der Waals surface area (Å²) < 4.78 is 0. The number of aromatic amines is 1. The Labute approximate surface area is 124 Å². The van der Waals surface area contributed by atoms with Crippen molar-refractivity contribution in [1.82, 2.24) is 10.3 Å². The molecule has 0 aliphatic rings. The number of imide groups is 1. The summed E-state index contributed by atoms with van der Waals surface area (Å²) in [6.45, 7) is 0. The van der Waals surface area contributed by atoms with Gasteiger partial charge in [-0.2, -0.15) is 0 Å². The van der Waals surface area contributed by atoms with Crippen LogP contribution in [0, 0.1) is 0 Å². The minimum Gasteiger partial charge on any atom is -0.399 e. The van der Waals surface area contributed by atoms with Gasteiger partial charge in [-0.3, -0.25) is 14.9 Å². The van der Waals surface area contributed by atoms with Crippen molar-refractivity contribution in [1.29, 1.82) is 0 Å². The largest absolute Gasteiger partial charge is 0.399 e. The number of benzene rings is 1. The monoisotopic (exact) mass is 309 g/mol. The molecule has 0 atom stereocenters. The van der Waals surface area contributed by atoms with Crippen molar-refractivity contribution in [3.05, 3.63) is 47.2 Å². The molecule has 2 amide bonds. The fraction of sp³-hybridized carbons (Fsp3) is 0.0769. The number of carbonyl (C=O) groups excluding carboxylic acids is 2. The number of thioether (sulfide) groups is 1. The molecular weight excluding hydrogens is 298 g/mol. The van der Waals surface area contributed by atoms with Crippen LogP contribution in [0.1, 0.15) is 10.5 Å². The van der Waals surface area contributed by atoms with Crippen LogP contribution >= 0.6 is 23.4 Å². The zero-order valence-corrected chi connectivity index (χ0v) is 11.9. The molecule has 1 aromatic carbocycles. The van der Waals surface area contributed by atoms with Crippen molar-refractivity contribution >= 4 is 40.9 Å². The lowest BCUT2D eigenvalue weighted by molar-refractivity contribution is -0.117. The van der Waals surface area contributed by atoms with Gasteiger partial charge in [0.25, 0.3) is 5.91 Å². The van der Waals surface area contributed by atoms with E-state index >= 15 is 0 Å². The molecule has 0 aliphatic carbocycles. The molecule has 2 aromatic rings. The minimum atomic E-state index is -0.459. The number of H-pyrrole nitrogens is 1. The molecule has 0 unspecified atom stereocenters. The fourth-order valence-electron chi connectivity index (χ4n) is 1.48. The van der Waals surface area contributed by atoms with Gasteiger partial charge >= 0.3 is 0 Å². The Morgan fingerprint density at radius 2 is 2.15 bits per heavy atom. The zero-order chi connectivity index (χ0) is 14.5. The minimum absolute atomic E-state index is 0.0790. The first-order valence-corrected chi connectivity index (χ1v) is 7.08. The van der Waals surface area contributed by atoms with Crippen LogP contribution in [-0.2, 0) is 4.79 Å². The number of aromatic nitrogens is 1. The predicted molar refractivity (Wildman–Crippen MR) is 79.9 cm³/mol. The zero-order valence-electron chi connectivity index (χ0n) is 10.4. The van der Waals surface area contributed by atoms with Gasteiger partial charge in [0.05, 0.1) is 10.8 Å². The van der Waals surface area contributed by atoms with E-state index in [4.69, 9.17) is 17.3 Å². The molecule has 0 aliphatic heterocycles. The van der Waals surface area contributed by atoms with E-state index in [2.05, 4.69) is 10.3 Å². The average Bonchev–Trinajstić information content (AvgIpc) is 2.94. The topological polar surface area (TPSA) is 88.0 Å². The first-order valence-electron chi connectivity index (χ1n) is 5.71. The van der Waals surface area contributed by atoms with E-state index in [9.17, 15) is 9.59 Å². The summed E-state index contributed by atoms with van der Waals surface area (Å²) in [5.74, 6) is -0.775. The van der Waals surface area contributed by atoms with Crippen LogP contribution in [0.15, 0.2) is 41.4 Å². The van der Waals surface area contributed by atoms with E-state index in [-0.39, 0.29) is 5.75 Å². The number of carbonyl (C=O) groups is 2. The number of anilines is 1. The van der Waals surface area contributed by atoms with Crippen LogP contribution in [0.2, 0.25) is 5.02 Å². The van der Waals surface area contributed by atoms with E-state index in [1.807, 2.05) is 0 Å². The Kier molecular flexibility index (Phi) is 4.70. The Balaban J connectivity index is 1.89. The molecule has 4 N–H and O–H groups in total. The number of amides is 2. The first kappa shape index (κ1) is 14.5. The maximum absolute atomic E-state index is 11.7. The number of halogens is 1. The van der Waals surface area contributed by atoms with Gasteiger partial charge in [0.2, 0.25) is 5.91 Å². The van der Waals surface area contributed by atoms with Crippen molar-refractivity contribution in [2.24, 2.45) is 0 Å². The summed E-state index contributed by atoms with van der Waals surface area (Å²) in [5.41, 5.74) is 6.56. The van der Waals surface area contributed by atoms with Crippen LogP contribution in [0.25, 0.3) is 0 Å². The number of nitrogen functional groups attached to an aromatic ring is 1. The second kappa shape index (κ2) is 6.49. The number of rotatable bonds is 4. The smallest absolute Gasteiger partial charge is 0.274 e. The molecular formula is C13H12ClN3O2S. The van der Waals surface area contributed by atoms with Crippen LogP contribution in [0.4, 0.5) is 5.69 Å². The van der Waals surface area contributed by atoms with Gasteiger partial charge in [-0.15, -0.1) is 11.8 Å². The molecule has 0 fully saturated rings. The van der Waals surface area contributed by atoms with Gasteiger partial charge in [0.1, 0.15) is 5.69 Å². The normalized spacial score (nSPS) is 10.2. The van der Waals surface area contributed by atoms with E-state index in [1.165, 1.54) is 11.8 Å². The molecule has 0 radical (unpaired) electrons. The van der Waals surface area contributed by atoms with Gasteiger partial charge in [-0.05, 0) is 30.3 Å². The fourth-order valence-corrected chi connectivity index (χ4v) is 2.54. The number of hydrogen-bond donors (Lipinski definition) is 3. The Morgan fingerprint density at radius 3 is 2.85 bits per heavy atom. The maximum atomic E-state index is 11.7. The van der Waals surface area contributed by atoms with Crippen molar-refractivity contribution in [3.63, 3.8) is 0 Å². The molecule has 0 saturated carbocycles. The Bertz CT molecular complexity index is 629. The molecule has 2 rings (SSSR count). The molecule has 0 bridgehead atoms. The summed E-state index contributed by atoms with van der Waals surface area (Å²) >= 11 is 7.21. The highest BCUT2D eigenvalue weighted by molar-refractivity contribution is 8.00. The van der Waals surface area contributed by atoms with Crippen LogP contribution < -0.4 is 11.1 Å². The highest BCUT2D eigenvalue weighted by Crippen LogP contribution is 2.28. The van der Waals surface area contributed by atoms with Crippen molar-refractivity contribution in [2.75, 3.05) is 11.5 Å². The van der Waals surface area contributed by atoms with Gasteiger partial charge in [0.15, 0.2) is 0 Å². The third kappa shape index (κ3) is 3.79. The van der Waals surface area contributed by atoms with E-state index < -0.39 is 11.8 Å². The van der Waals surface area contributed by atoms with Gasteiger partial charge in [-0.1, -0.05) is 11.6 Å². The lowest BCUT2D eigenvalue weighted by Crippen LogP contribution is -2.32. The number of nitrogens with two attached hydrogens (primary N) is 1. The van der Waals surface area contributed by atoms with Crippen LogP contribution in [-0.4, -0.2) is 22.6 Å². The van der Waals surface area contributed by atoms with Gasteiger partial charge < -0.3 is 10.7 Å². The SMILES string of the molecule is Nc1ccc(Cl)c(SCC(=O)NC(=O)c2ccc[nH]2)c1. The predicted octanol–water partition coefficient (Wildman–Crippen LogP) is 2.30. The van der Waals surface area contributed by atoms with E-state index in [0.717, 1.165) is 0 Å². The number of hydrogen-bond acceptors (Lipinski definition) is 4. The van der Waals surface area contributed by atoms with Crippen LogP contribution in [0.3, 0.4) is 0 Å². The van der Waals surface area contributed by atoms with Crippen molar-refractivity contribution in [3.8, 4) is 0 Å². The second-order valence-corrected chi connectivity index (χ2v) is 5.36. The van der Waals surface area contributed by atoms with E-state index in [0.29, 0.717) is 21.3 Å². The molecule has 7 heteroatoms. The molecule has 20 heavy (non-hydrogen) atoms. The third-order valence-electron chi connectivity index (χ3n) is 2.41. The molecule has 1 aromatic heterocycles. The van der Waals surface area contributed by atoms with Crippen molar-refractivity contribution in [2.45, 2.75) is 4.90 Å². The van der Waals surface area contributed by atoms with E-state index in [1.54, 1.807) is 36.5 Å². The summed E-state index contributed by atoms with van der Waals surface area (Å²) in [6.07, 6.45) is 1.61. The van der Waals surface area contributed by atoms with Gasteiger partial charge in [0, 0.05) is 16.8 Å². The molecule has 1 heterocycles. The van der Waals surface area contributed by atoms with Crippen LogP contribution in [0.5, 0.6) is 0 Å². The lowest BCUT2D eigenvalue weighted by atomic mass is 10.3. The standard InChI is InChI=1S/C13H12ClN3O2S/c14-9-4-3-8(15)6-11(9)20-7-12(18)17-13(19)10-2-1-5-16-10/h1-6,16H,7,15H2,(H,17,18,19). The molecule has 104 valence electrons. The molecule has 5 nitrogen and oxygen atoms in total.